The number of aromatic hydroxyl groups is 1. The molecule has 0 aliphatic heterocycles. The molecule has 0 bridgehead atoms. The largest absolute Gasteiger partial charge is 0.508 e. The van der Waals surface area contributed by atoms with Crippen molar-refractivity contribution in [1.82, 2.24) is 5.32 Å². The van der Waals surface area contributed by atoms with Gasteiger partial charge in [-0.05, 0) is 31.5 Å². The molecule has 84 valence electrons. The van der Waals surface area contributed by atoms with E-state index in [-0.39, 0.29) is 0 Å². The number of phenols is 1. The normalized spacial score (nSPS) is 12.7. The summed E-state index contributed by atoms with van der Waals surface area (Å²) in [5.74, 6) is 0.307. The molecule has 1 aromatic rings. The second-order valence-corrected chi connectivity index (χ2v) is 3.61. The van der Waals surface area contributed by atoms with Crippen LogP contribution in [0.1, 0.15) is 19.4 Å². The minimum atomic E-state index is 0.307. The van der Waals surface area contributed by atoms with Gasteiger partial charge >= 0.3 is 0 Å². The lowest BCUT2D eigenvalue weighted by Crippen LogP contribution is -2.30. The number of hydrogen-bond donors (Lipinski definition) is 2. The molecule has 0 saturated heterocycles. The molecule has 0 saturated carbocycles. The first kappa shape index (κ1) is 12.0. The molecular weight excluding hydrogens is 190 g/mol. The number of nitrogens with one attached hydrogen (secondary N) is 1. The predicted octanol–water partition coefficient (Wildman–Crippen LogP) is 1.91. The molecule has 15 heavy (non-hydrogen) atoms. The van der Waals surface area contributed by atoms with Crippen LogP contribution < -0.4 is 5.32 Å². The monoisotopic (exact) mass is 209 g/mol. The third-order valence-corrected chi connectivity index (χ3v) is 2.16. The Morgan fingerprint density at radius 2 is 2.00 bits per heavy atom. The standard InChI is InChI=1S/C12H19NO2/c1-3-15-9-10(2)13-8-11-4-6-12(14)7-5-11/h4-7,10,13-14H,3,8-9H2,1-2H3. The van der Waals surface area contributed by atoms with E-state index in [1.54, 1.807) is 12.1 Å². The Hall–Kier alpha value is -1.06. The van der Waals surface area contributed by atoms with Crippen LogP contribution in [0.5, 0.6) is 5.75 Å². The van der Waals surface area contributed by atoms with Crippen molar-refractivity contribution >= 4 is 0 Å². The van der Waals surface area contributed by atoms with Gasteiger partial charge in [0.25, 0.3) is 0 Å². The van der Waals surface area contributed by atoms with Gasteiger partial charge in [0.05, 0.1) is 6.61 Å². The second-order valence-electron chi connectivity index (χ2n) is 3.61. The van der Waals surface area contributed by atoms with E-state index in [4.69, 9.17) is 9.84 Å². The van der Waals surface area contributed by atoms with Crippen LogP contribution in [0, 0.1) is 0 Å². The van der Waals surface area contributed by atoms with Gasteiger partial charge < -0.3 is 15.2 Å². The van der Waals surface area contributed by atoms with Gasteiger partial charge in [0.1, 0.15) is 5.75 Å². The van der Waals surface area contributed by atoms with E-state index < -0.39 is 0 Å². The first-order valence-corrected chi connectivity index (χ1v) is 5.31. The van der Waals surface area contributed by atoms with Gasteiger partial charge in [0.15, 0.2) is 0 Å². The van der Waals surface area contributed by atoms with Crippen molar-refractivity contribution in [2.75, 3.05) is 13.2 Å². The second kappa shape index (κ2) is 6.43. The van der Waals surface area contributed by atoms with E-state index in [0.717, 1.165) is 25.3 Å². The summed E-state index contributed by atoms with van der Waals surface area (Å²) >= 11 is 0. The van der Waals surface area contributed by atoms with Gasteiger partial charge in [-0.2, -0.15) is 0 Å². The summed E-state index contributed by atoms with van der Waals surface area (Å²) in [5.41, 5.74) is 1.16. The van der Waals surface area contributed by atoms with E-state index in [9.17, 15) is 0 Å². The van der Waals surface area contributed by atoms with Crippen molar-refractivity contribution in [3.8, 4) is 5.75 Å². The maximum atomic E-state index is 9.11. The molecule has 0 amide bonds. The summed E-state index contributed by atoms with van der Waals surface area (Å²) < 4.78 is 5.30. The molecule has 0 aliphatic rings. The van der Waals surface area contributed by atoms with Gasteiger partial charge in [-0.3, -0.25) is 0 Å². The number of hydrogen-bond acceptors (Lipinski definition) is 3. The molecule has 0 fully saturated rings. The zero-order chi connectivity index (χ0) is 11.1. The fraction of sp³-hybridized carbons (Fsp3) is 0.500. The molecule has 0 aliphatic carbocycles. The molecule has 3 heteroatoms. The molecule has 0 heterocycles. The quantitative estimate of drug-likeness (QED) is 0.752. The van der Waals surface area contributed by atoms with Crippen molar-refractivity contribution in [2.45, 2.75) is 26.4 Å². The zero-order valence-electron chi connectivity index (χ0n) is 9.36. The average molecular weight is 209 g/mol. The Kier molecular flexibility index (Phi) is 5.15. The topological polar surface area (TPSA) is 41.5 Å². The molecular formula is C12H19NO2. The summed E-state index contributed by atoms with van der Waals surface area (Å²) in [4.78, 5) is 0. The summed E-state index contributed by atoms with van der Waals surface area (Å²) in [7, 11) is 0. The van der Waals surface area contributed by atoms with Crippen LogP contribution in [0.15, 0.2) is 24.3 Å². The minimum Gasteiger partial charge on any atom is -0.508 e. The van der Waals surface area contributed by atoms with Gasteiger partial charge in [-0.1, -0.05) is 12.1 Å². The summed E-state index contributed by atoms with van der Waals surface area (Å²) in [5, 5.41) is 12.5. The van der Waals surface area contributed by atoms with E-state index in [0.29, 0.717) is 11.8 Å². The van der Waals surface area contributed by atoms with E-state index >= 15 is 0 Å². The molecule has 0 radical (unpaired) electrons. The molecule has 0 aromatic heterocycles. The van der Waals surface area contributed by atoms with Crippen LogP contribution in [0.3, 0.4) is 0 Å². The summed E-state index contributed by atoms with van der Waals surface area (Å²) in [6, 6.07) is 7.57. The van der Waals surface area contributed by atoms with Crippen LogP contribution in [-0.4, -0.2) is 24.4 Å². The average Bonchev–Trinajstić information content (AvgIpc) is 2.25. The Bertz CT molecular complexity index is 271. The fourth-order valence-electron chi connectivity index (χ4n) is 1.26. The van der Waals surface area contributed by atoms with Crippen molar-refractivity contribution < 1.29 is 9.84 Å². The highest BCUT2D eigenvalue weighted by Crippen LogP contribution is 2.09. The SMILES string of the molecule is CCOCC(C)NCc1ccc(O)cc1. The lowest BCUT2D eigenvalue weighted by atomic mass is 10.2. The van der Waals surface area contributed by atoms with Crippen LogP contribution in [0.25, 0.3) is 0 Å². The van der Waals surface area contributed by atoms with Crippen molar-refractivity contribution in [3.63, 3.8) is 0 Å². The number of ether oxygens (including phenoxy) is 1. The molecule has 3 nitrogen and oxygen atoms in total. The Morgan fingerprint density at radius 3 is 2.60 bits per heavy atom. The smallest absolute Gasteiger partial charge is 0.115 e. The molecule has 0 spiro atoms. The first-order chi connectivity index (χ1) is 7.22. The summed E-state index contributed by atoms with van der Waals surface area (Å²) in [6.07, 6.45) is 0. The Labute approximate surface area is 91.1 Å². The van der Waals surface area contributed by atoms with Crippen LogP contribution in [-0.2, 0) is 11.3 Å². The van der Waals surface area contributed by atoms with Crippen molar-refractivity contribution in [2.24, 2.45) is 0 Å². The maximum Gasteiger partial charge on any atom is 0.115 e. The summed E-state index contributed by atoms with van der Waals surface area (Å²) in [6.45, 7) is 6.37. The highest BCUT2D eigenvalue weighted by molar-refractivity contribution is 5.25. The highest BCUT2D eigenvalue weighted by atomic mass is 16.5. The zero-order valence-corrected chi connectivity index (χ0v) is 9.36. The van der Waals surface area contributed by atoms with Crippen LogP contribution in [0.4, 0.5) is 0 Å². The van der Waals surface area contributed by atoms with Crippen LogP contribution >= 0.6 is 0 Å². The number of rotatable bonds is 6. The Morgan fingerprint density at radius 1 is 1.33 bits per heavy atom. The third-order valence-electron chi connectivity index (χ3n) is 2.16. The maximum absolute atomic E-state index is 9.11. The molecule has 1 atom stereocenters. The number of benzene rings is 1. The fourth-order valence-corrected chi connectivity index (χ4v) is 1.26. The molecule has 2 N–H and O–H groups in total. The predicted molar refractivity (Wildman–Crippen MR) is 60.9 cm³/mol. The number of phenolic OH excluding ortho intramolecular Hbond substituents is 1. The Balaban J connectivity index is 2.27. The van der Waals surface area contributed by atoms with E-state index in [1.165, 1.54) is 0 Å². The van der Waals surface area contributed by atoms with E-state index in [1.807, 2.05) is 19.1 Å². The van der Waals surface area contributed by atoms with Gasteiger partial charge in [0, 0.05) is 19.2 Å². The molecule has 1 unspecified atom stereocenters. The highest BCUT2D eigenvalue weighted by Gasteiger charge is 2.00. The minimum absolute atomic E-state index is 0.307. The lowest BCUT2D eigenvalue weighted by Gasteiger charge is -2.13. The van der Waals surface area contributed by atoms with E-state index in [2.05, 4.69) is 12.2 Å². The lowest BCUT2D eigenvalue weighted by molar-refractivity contribution is 0.127. The van der Waals surface area contributed by atoms with Crippen molar-refractivity contribution in [3.05, 3.63) is 29.8 Å². The first-order valence-electron chi connectivity index (χ1n) is 5.31. The van der Waals surface area contributed by atoms with Gasteiger partial charge in [-0.15, -0.1) is 0 Å². The van der Waals surface area contributed by atoms with Gasteiger partial charge in [0.2, 0.25) is 0 Å². The van der Waals surface area contributed by atoms with Crippen molar-refractivity contribution in [1.29, 1.82) is 0 Å². The van der Waals surface area contributed by atoms with Crippen LogP contribution in [0.2, 0.25) is 0 Å². The molecule has 1 aromatic carbocycles. The third kappa shape index (κ3) is 4.81. The molecule has 1 rings (SSSR count). The van der Waals surface area contributed by atoms with Gasteiger partial charge in [-0.25, -0.2) is 0 Å².